The van der Waals surface area contributed by atoms with Crippen molar-refractivity contribution < 1.29 is 4.79 Å². The molecule has 1 amide bonds. The summed E-state index contributed by atoms with van der Waals surface area (Å²) in [4.78, 5) is 21.0. The van der Waals surface area contributed by atoms with Gasteiger partial charge in [0.15, 0.2) is 0 Å². The molecule has 0 N–H and O–H groups in total. The predicted octanol–water partition coefficient (Wildman–Crippen LogP) is 5.86. The van der Waals surface area contributed by atoms with Crippen LogP contribution in [0.15, 0.2) is 58.5 Å². The Hall–Kier alpha value is -1.98. The zero-order valence-electron chi connectivity index (χ0n) is 16.4. The Morgan fingerprint density at radius 3 is 2.86 bits per heavy atom. The van der Waals surface area contributed by atoms with Gasteiger partial charge >= 0.3 is 0 Å². The van der Waals surface area contributed by atoms with Crippen LogP contribution in [-0.4, -0.2) is 28.4 Å². The molecule has 28 heavy (non-hydrogen) atoms. The van der Waals surface area contributed by atoms with Crippen molar-refractivity contribution in [1.29, 1.82) is 0 Å². The number of carbonyl (C=O) groups excluding carboxylic acids is 1. The summed E-state index contributed by atoms with van der Waals surface area (Å²) in [6.45, 7) is 7.20. The maximum Gasteiger partial charge on any atom is 0.237 e. The molecule has 1 atom stereocenters. The van der Waals surface area contributed by atoms with Crippen LogP contribution in [-0.2, 0) is 4.79 Å². The van der Waals surface area contributed by atoms with Gasteiger partial charge in [0.1, 0.15) is 0 Å². The summed E-state index contributed by atoms with van der Waals surface area (Å²) in [5.41, 5.74) is 4.44. The molecule has 0 fully saturated rings. The smallest absolute Gasteiger partial charge is 0.237 e. The zero-order chi connectivity index (χ0) is 19.7. The van der Waals surface area contributed by atoms with Gasteiger partial charge in [-0.2, -0.15) is 0 Å². The number of nitrogens with zero attached hydrogens (tertiary/aromatic N) is 2. The van der Waals surface area contributed by atoms with Crippen LogP contribution in [0.3, 0.4) is 0 Å². The number of para-hydroxylation sites is 2. The van der Waals surface area contributed by atoms with Gasteiger partial charge in [0.25, 0.3) is 0 Å². The molecule has 0 aliphatic carbocycles. The Labute approximate surface area is 174 Å². The molecule has 144 valence electrons. The highest BCUT2D eigenvalue weighted by atomic mass is 32.2. The number of hydrogen-bond acceptors (Lipinski definition) is 4. The monoisotopic (exact) mass is 408 g/mol. The van der Waals surface area contributed by atoms with Crippen LogP contribution < -0.4 is 4.90 Å². The highest BCUT2D eigenvalue weighted by Gasteiger charge is 2.24. The number of amides is 1. The molecule has 1 aromatic heterocycles. The van der Waals surface area contributed by atoms with Crippen molar-refractivity contribution in [3.63, 3.8) is 0 Å². The fourth-order valence-corrected chi connectivity index (χ4v) is 5.52. The number of carbonyl (C=O) groups is 1. The molecule has 2 heterocycles. The van der Waals surface area contributed by atoms with Crippen molar-refractivity contribution in [2.45, 2.75) is 42.4 Å². The summed E-state index contributed by atoms with van der Waals surface area (Å²) in [6, 6.07) is 16.6. The van der Waals surface area contributed by atoms with Crippen LogP contribution >= 0.6 is 23.5 Å². The fraction of sp³-hybridized carbons (Fsp3) is 0.304. The number of thioether (sulfide) groups is 2. The second-order valence-corrected chi connectivity index (χ2v) is 9.74. The molecule has 4 rings (SSSR count). The normalized spacial score (nSPS) is 16.7. The van der Waals surface area contributed by atoms with Crippen molar-refractivity contribution in [1.82, 2.24) is 4.98 Å². The van der Waals surface area contributed by atoms with E-state index in [2.05, 4.69) is 57.2 Å². The Morgan fingerprint density at radius 2 is 2.00 bits per heavy atom. The molecular weight excluding hydrogens is 384 g/mol. The molecule has 0 unspecified atom stereocenters. The topological polar surface area (TPSA) is 33.2 Å². The summed E-state index contributed by atoms with van der Waals surface area (Å²) in [5.74, 6) is 0.550. The van der Waals surface area contributed by atoms with Crippen molar-refractivity contribution >= 4 is 46.0 Å². The van der Waals surface area contributed by atoms with Crippen molar-refractivity contribution in [2.75, 3.05) is 17.2 Å². The SMILES string of the molecule is Cc1cc(SCC(=O)N2CC[C@@H](C)Sc3ccccc32)nc2c(C)cccc12. The molecule has 0 saturated heterocycles. The number of hydrogen-bond donors (Lipinski definition) is 0. The van der Waals surface area contributed by atoms with E-state index in [9.17, 15) is 4.79 Å². The summed E-state index contributed by atoms with van der Waals surface area (Å²) < 4.78 is 0. The third-order valence-electron chi connectivity index (χ3n) is 5.11. The summed E-state index contributed by atoms with van der Waals surface area (Å²) in [5, 5.41) is 2.61. The first-order chi connectivity index (χ1) is 13.5. The lowest BCUT2D eigenvalue weighted by Crippen LogP contribution is -2.33. The van der Waals surface area contributed by atoms with E-state index in [4.69, 9.17) is 4.98 Å². The van der Waals surface area contributed by atoms with E-state index < -0.39 is 0 Å². The van der Waals surface area contributed by atoms with Gasteiger partial charge in [-0.1, -0.05) is 49.0 Å². The highest BCUT2D eigenvalue weighted by molar-refractivity contribution is 8.00. The lowest BCUT2D eigenvalue weighted by atomic mass is 10.1. The average Bonchev–Trinajstić information content (AvgIpc) is 2.85. The van der Waals surface area contributed by atoms with E-state index in [1.165, 1.54) is 33.2 Å². The van der Waals surface area contributed by atoms with Gasteiger partial charge in [-0.25, -0.2) is 4.98 Å². The van der Waals surface area contributed by atoms with E-state index >= 15 is 0 Å². The fourth-order valence-electron chi connectivity index (χ4n) is 3.56. The largest absolute Gasteiger partial charge is 0.311 e. The minimum absolute atomic E-state index is 0.150. The third-order valence-corrected chi connectivity index (χ3v) is 7.25. The Balaban J connectivity index is 1.55. The quantitative estimate of drug-likeness (QED) is 0.508. The maximum atomic E-state index is 13.1. The van der Waals surface area contributed by atoms with Gasteiger partial charge < -0.3 is 4.90 Å². The summed E-state index contributed by atoms with van der Waals surface area (Å²) >= 11 is 3.39. The van der Waals surface area contributed by atoms with E-state index in [-0.39, 0.29) is 5.91 Å². The lowest BCUT2D eigenvalue weighted by molar-refractivity contribution is -0.116. The van der Waals surface area contributed by atoms with Gasteiger partial charge in [-0.05, 0) is 49.6 Å². The number of benzene rings is 2. The summed E-state index contributed by atoms with van der Waals surface area (Å²) in [6.07, 6.45) is 1.00. The molecule has 0 spiro atoms. The minimum atomic E-state index is 0.150. The van der Waals surface area contributed by atoms with E-state index in [0.29, 0.717) is 11.0 Å². The molecule has 2 aromatic carbocycles. The number of aryl methyl sites for hydroxylation is 2. The number of rotatable bonds is 3. The van der Waals surface area contributed by atoms with Gasteiger partial charge in [0, 0.05) is 22.1 Å². The van der Waals surface area contributed by atoms with Crippen molar-refractivity contribution in [3.8, 4) is 0 Å². The van der Waals surface area contributed by atoms with E-state index in [0.717, 1.165) is 29.2 Å². The molecule has 3 nitrogen and oxygen atoms in total. The van der Waals surface area contributed by atoms with Crippen LogP contribution in [0.1, 0.15) is 24.5 Å². The average molecular weight is 409 g/mol. The van der Waals surface area contributed by atoms with Gasteiger partial charge in [0.2, 0.25) is 5.91 Å². The standard InChI is InChI=1S/C23H24N2OS2/c1-15-7-6-8-18-16(2)13-21(24-23(15)18)27-14-22(26)25-12-11-17(3)28-20-10-5-4-9-19(20)25/h4-10,13,17H,11-12,14H2,1-3H3/t17-/m1/s1. The number of anilines is 1. The minimum Gasteiger partial charge on any atom is -0.311 e. The Kier molecular flexibility index (Phi) is 5.65. The lowest BCUT2D eigenvalue weighted by Gasteiger charge is -2.22. The van der Waals surface area contributed by atoms with Crippen LogP contribution in [0.2, 0.25) is 0 Å². The van der Waals surface area contributed by atoms with Gasteiger partial charge in [-0.3, -0.25) is 4.79 Å². The molecule has 1 aliphatic heterocycles. The first kappa shape index (κ1) is 19.3. The molecule has 0 bridgehead atoms. The van der Waals surface area contributed by atoms with E-state index in [1.54, 1.807) is 0 Å². The molecule has 1 aliphatic rings. The summed E-state index contributed by atoms with van der Waals surface area (Å²) in [7, 11) is 0. The number of fused-ring (bicyclic) bond motifs is 2. The second-order valence-electron chi connectivity index (χ2n) is 7.27. The molecular formula is C23H24N2OS2. The molecule has 3 aromatic rings. The zero-order valence-corrected chi connectivity index (χ0v) is 18.1. The molecule has 0 saturated carbocycles. The van der Waals surface area contributed by atoms with Crippen molar-refractivity contribution in [3.05, 3.63) is 59.7 Å². The first-order valence-electron chi connectivity index (χ1n) is 9.59. The van der Waals surface area contributed by atoms with Gasteiger partial charge in [-0.15, -0.1) is 11.8 Å². The van der Waals surface area contributed by atoms with E-state index in [1.807, 2.05) is 28.8 Å². The second kappa shape index (κ2) is 8.18. The number of pyridine rings is 1. The number of aromatic nitrogens is 1. The molecule has 0 radical (unpaired) electrons. The van der Waals surface area contributed by atoms with Crippen LogP contribution in [0.4, 0.5) is 5.69 Å². The van der Waals surface area contributed by atoms with Crippen molar-refractivity contribution in [2.24, 2.45) is 0 Å². The third kappa shape index (κ3) is 3.91. The van der Waals surface area contributed by atoms with Crippen LogP contribution in [0.25, 0.3) is 10.9 Å². The van der Waals surface area contributed by atoms with Crippen LogP contribution in [0.5, 0.6) is 0 Å². The first-order valence-corrected chi connectivity index (χ1v) is 11.5. The van der Waals surface area contributed by atoms with Gasteiger partial charge in [0.05, 0.1) is 22.0 Å². The Morgan fingerprint density at radius 1 is 1.18 bits per heavy atom. The molecule has 5 heteroatoms. The predicted molar refractivity (Wildman–Crippen MR) is 121 cm³/mol. The van der Waals surface area contributed by atoms with Crippen LogP contribution in [0, 0.1) is 13.8 Å². The highest BCUT2D eigenvalue weighted by Crippen LogP contribution is 2.37. The maximum absolute atomic E-state index is 13.1. The Bertz CT molecular complexity index is 1030.